The van der Waals surface area contributed by atoms with Crippen LogP contribution in [-0.4, -0.2) is 37.5 Å². The predicted octanol–water partition coefficient (Wildman–Crippen LogP) is 1.43. The summed E-state index contributed by atoms with van der Waals surface area (Å²) in [5, 5.41) is 12.3. The van der Waals surface area contributed by atoms with Crippen LogP contribution in [0.25, 0.3) is 0 Å². The van der Waals surface area contributed by atoms with Gasteiger partial charge in [-0.05, 0) is 26.0 Å². The molecule has 0 fully saturated rings. The standard InChI is InChI=1S/C13H21NO3/c1-13(2,10-15)14-8-9-17-12-7-5-4-6-11(12)16-3/h4-7,14-15H,8-10H2,1-3H3. The van der Waals surface area contributed by atoms with Crippen LogP contribution in [0, 0.1) is 0 Å². The Hall–Kier alpha value is -1.26. The Morgan fingerprint density at radius 3 is 2.47 bits per heavy atom. The Morgan fingerprint density at radius 1 is 1.24 bits per heavy atom. The van der Waals surface area contributed by atoms with Crippen LogP contribution in [-0.2, 0) is 0 Å². The molecule has 0 spiro atoms. The van der Waals surface area contributed by atoms with Crippen molar-refractivity contribution in [1.82, 2.24) is 5.32 Å². The molecule has 2 N–H and O–H groups in total. The Balaban J connectivity index is 2.36. The number of ether oxygens (including phenoxy) is 2. The monoisotopic (exact) mass is 239 g/mol. The van der Waals surface area contributed by atoms with E-state index in [1.807, 2.05) is 38.1 Å². The van der Waals surface area contributed by atoms with Crippen LogP contribution in [0.15, 0.2) is 24.3 Å². The van der Waals surface area contributed by atoms with Gasteiger partial charge in [-0.15, -0.1) is 0 Å². The molecule has 0 amide bonds. The van der Waals surface area contributed by atoms with Crippen molar-refractivity contribution in [2.75, 3.05) is 26.9 Å². The van der Waals surface area contributed by atoms with E-state index >= 15 is 0 Å². The second-order valence-electron chi connectivity index (χ2n) is 4.47. The lowest BCUT2D eigenvalue weighted by Crippen LogP contribution is -2.44. The van der Waals surface area contributed by atoms with Gasteiger partial charge in [-0.3, -0.25) is 0 Å². The van der Waals surface area contributed by atoms with Crippen LogP contribution < -0.4 is 14.8 Å². The molecule has 17 heavy (non-hydrogen) atoms. The summed E-state index contributed by atoms with van der Waals surface area (Å²) in [6.45, 7) is 5.18. The molecule has 0 unspecified atom stereocenters. The molecular weight excluding hydrogens is 218 g/mol. The molecule has 0 atom stereocenters. The molecule has 0 saturated carbocycles. The third-order valence-electron chi connectivity index (χ3n) is 2.43. The zero-order chi connectivity index (χ0) is 12.7. The third kappa shape index (κ3) is 4.63. The lowest BCUT2D eigenvalue weighted by atomic mass is 10.1. The highest BCUT2D eigenvalue weighted by atomic mass is 16.5. The fourth-order valence-electron chi connectivity index (χ4n) is 1.34. The van der Waals surface area contributed by atoms with E-state index in [0.29, 0.717) is 13.2 Å². The number of rotatable bonds is 7. The summed E-state index contributed by atoms with van der Waals surface area (Å²) in [6, 6.07) is 7.54. The summed E-state index contributed by atoms with van der Waals surface area (Å²) >= 11 is 0. The lowest BCUT2D eigenvalue weighted by Gasteiger charge is -2.23. The van der Waals surface area contributed by atoms with Crippen LogP contribution >= 0.6 is 0 Å². The van der Waals surface area contributed by atoms with E-state index in [2.05, 4.69) is 5.32 Å². The smallest absolute Gasteiger partial charge is 0.161 e. The van der Waals surface area contributed by atoms with Crippen molar-refractivity contribution in [3.63, 3.8) is 0 Å². The first-order valence-corrected chi connectivity index (χ1v) is 5.71. The number of para-hydroxylation sites is 2. The quantitative estimate of drug-likeness (QED) is 0.707. The van der Waals surface area contributed by atoms with Crippen molar-refractivity contribution < 1.29 is 14.6 Å². The van der Waals surface area contributed by atoms with Crippen LogP contribution in [0.3, 0.4) is 0 Å². The minimum absolute atomic E-state index is 0.0989. The number of hydrogen-bond donors (Lipinski definition) is 2. The van der Waals surface area contributed by atoms with Crippen molar-refractivity contribution in [2.24, 2.45) is 0 Å². The van der Waals surface area contributed by atoms with Crippen molar-refractivity contribution >= 4 is 0 Å². The molecule has 0 saturated heterocycles. The molecule has 0 aliphatic heterocycles. The first kappa shape index (κ1) is 13.8. The van der Waals surface area contributed by atoms with Gasteiger partial charge < -0.3 is 19.9 Å². The highest BCUT2D eigenvalue weighted by Gasteiger charge is 2.14. The average Bonchev–Trinajstić information content (AvgIpc) is 2.35. The SMILES string of the molecule is COc1ccccc1OCCNC(C)(C)CO. The fraction of sp³-hybridized carbons (Fsp3) is 0.538. The second kappa shape index (κ2) is 6.47. The maximum absolute atomic E-state index is 9.07. The van der Waals surface area contributed by atoms with Crippen molar-refractivity contribution in [3.8, 4) is 11.5 Å². The number of aliphatic hydroxyl groups is 1. The average molecular weight is 239 g/mol. The van der Waals surface area contributed by atoms with E-state index in [9.17, 15) is 0 Å². The van der Waals surface area contributed by atoms with Crippen LogP contribution in [0.1, 0.15) is 13.8 Å². The van der Waals surface area contributed by atoms with Gasteiger partial charge in [-0.1, -0.05) is 12.1 Å². The minimum Gasteiger partial charge on any atom is -0.493 e. The first-order chi connectivity index (χ1) is 8.09. The van der Waals surface area contributed by atoms with Crippen LogP contribution in [0.5, 0.6) is 11.5 Å². The zero-order valence-corrected chi connectivity index (χ0v) is 10.7. The third-order valence-corrected chi connectivity index (χ3v) is 2.43. The van der Waals surface area contributed by atoms with E-state index < -0.39 is 0 Å². The van der Waals surface area contributed by atoms with Crippen LogP contribution in [0.2, 0.25) is 0 Å². The van der Waals surface area contributed by atoms with Crippen molar-refractivity contribution in [3.05, 3.63) is 24.3 Å². The van der Waals surface area contributed by atoms with Gasteiger partial charge in [0, 0.05) is 12.1 Å². The fourth-order valence-corrected chi connectivity index (χ4v) is 1.34. The largest absolute Gasteiger partial charge is 0.493 e. The molecule has 0 aromatic heterocycles. The van der Waals surface area contributed by atoms with E-state index in [4.69, 9.17) is 14.6 Å². The number of benzene rings is 1. The van der Waals surface area contributed by atoms with Crippen LogP contribution in [0.4, 0.5) is 0 Å². The second-order valence-corrected chi connectivity index (χ2v) is 4.47. The molecule has 4 nitrogen and oxygen atoms in total. The van der Waals surface area contributed by atoms with E-state index in [1.165, 1.54) is 0 Å². The number of aliphatic hydroxyl groups excluding tert-OH is 1. The highest BCUT2D eigenvalue weighted by Crippen LogP contribution is 2.25. The minimum atomic E-state index is -0.274. The highest BCUT2D eigenvalue weighted by molar-refractivity contribution is 5.39. The summed E-state index contributed by atoms with van der Waals surface area (Å²) in [5.74, 6) is 1.47. The number of methoxy groups -OCH3 is 1. The topological polar surface area (TPSA) is 50.7 Å². The molecule has 4 heteroatoms. The van der Waals surface area contributed by atoms with Gasteiger partial charge in [0.1, 0.15) is 6.61 Å². The molecular formula is C13H21NO3. The predicted molar refractivity (Wildman–Crippen MR) is 67.7 cm³/mol. The first-order valence-electron chi connectivity index (χ1n) is 5.71. The summed E-state index contributed by atoms with van der Waals surface area (Å²) in [5.41, 5.74) is -0.274. The summed E-state index contributed by atoms with van der Waals surface area (Å²) in [7, 11) is 1.62. The Kier molecular flexibility index (Phi) is 5.25. The van der Waals surface area contributed by atoms with Gasteiger partial charge in [0.25, 0.3) is 0 Å². The van der Waals surface area contributed by atoms with Crippen molar-refractivity contribution in [1.29, 1.82) is 0 Å². The summed E-state index contributed by atoms with van der Waals surface area (Å²) < 4.78 is 10.8. The molecule has 1 aromatic carbocycles. The maximum Gasteiger partial charge on any atom is 0.161 e. The molecule has 0 heterocycles. The van der Waals surface area contributed by atoms with Gasteiger partial charge in [0.2, 0.25) is 0 Å². The maximum atomic E-state index is 9.07. The Bertz CT molecular complexity index is 339. The molecule has 0 aliphatic rings. The normalized spacial score (nSPS) is 11.3. The Labute approximate surface area is 103 Å². The molecule has 1 rings (SSSR count). The van der Waals surface area contributed by atoms with Gasteiger partial charge in [-0.25, -0.2) is 0 Å². The van der Waals surface area contributed by atoms with E-state index in [1.54, 1.807) is 7.11 Å². The Morgan fingerprint density at radius 2 is 1.88 bits per heavy atom. The molecule has 0 bridgehead atoms. The lowest BCUT2D eigenvalue weighted by molar-refractivity contribution is 0.179. The van der Waals surface area contributed by atoms with Gasteiger partial charge in [0.05, 0.1) is 13.7 Å². The number of nitrogens with one attached hydrogen (secondary N) is 1. The van der Waals surface area contributed by atoms with Gasteiger partial charge >= 0.3 is 0 Å². The molecule has 1 aromatic rings. The van der Waals surface area contributed by atoms with Gasteiger partial charge in [-0.2, -0.15) is 0 Å². The van der Waals surface area contributed by atoms with Gasteiger partial charge in [0.15, 0.2) is 11.5 Å². The van der Waals surface area contributed by atoms with E-state index in [-0.39, 0.29) is 12.1 Å². The zero-order valence-electron chi connectivity index (χ0n) is 10.7. The molecule has 96 valence electrons. The van der Waals surface area contributed by atoms with E-state index in [0.717, 1.165) is 11.5 Å². The molecule has 0 radical (unpaired) electrons. The number of hydrogen-bond acceptors (Lipinski definition) is 4. The van der Waals surface area contributed by atoms with Crippen molar-refractivity contribution in [2.45, 2.75) is 19.4 Å². The summed E-state index contributed by atoms with van der Waals surface area (Å²) in [6.07, 6.45) is 0. The molecule has 0 aliphatic carbocycles. The summed E-state index contributed by atoms with van der Waals surface area (Å²) in [4.78, 5) is 0.